The molecule has 0 saturated carbocycles. The molecular weight excluding hydrogens is 1640 g/mol. The zero-order valence-electron chi connectivity index (χ0n) is 75.8. The number of nitrogens with zero attached hydrogens (tertiary/aromatic N) is 2. The van der Waals surface area contributed by atoms with Crippen LogP contribution in [-0.2, 0) is 44.8 Å². The topological polar surface area (TPSA) is 107 Å². The molecule has 1 aromatic carbocycles. The molecule has 9 aromatic rings. The van der Waals surface area contributed by atoms with Gasteiger partial charge in [0.1, 0.15) is 23.1 Å². The normalized spacial score (nSPS) is 12.3. The highest BCUT2D eigenvalue weighted by molar-refractivity contribution is 7.31. The highest BCUT2D eigenvalue weighted by atomic mass is 32.1. The molecule has 8 heterocycles. The number of esters is 1. The first-order valence-electron chi connectivity index (χ1n) is 47.8. The Labute approximate surface area is 763 Å². The van der Waals surface area contributed by atoms with E-state index in [0.717, 1.165) is 125 Å². The number of hydrogen-bond donors (Lipinski definition) is 0. The summed E-state index contributed by atoms with van der Waals surface area (Å²) in [6.45, 7) is 33.0. The fraction of sp³-hybridized carbons (Fsp3) is 0.600. The SMILES string of the molecule is O=C=O.[C-]#[N+]/C(=C/c1cc(CCCCCCCC)c(-c2ccc(-c3sc(-c4cc5c(OCC(CC)CCC)c6sc(-c7cc(CCCCCCCC)c(-c8ccc(-c9sc(/C=C(/C#N)C(=O)OCCCCCCCC)cc9CCCCCCCC)s8)s7)cc6c(OCC(CC)CCCC)c5s4)cc3CCCCCCCC)s2)s1)CCCCCCCC. The Balaban J connectivity index is 0.00000598. The summed E-state index contributed by atoms with van der Waals surface area (Å²) in [7, 11) is 0. The van der Waals surface area contributed by atoms with Gasteiger partial charge in [0.15, 0.2) is 5.70 Å². The smallest absolute Gasteiger partial charge is 0.373 e. The third kappa shape index (κ3) is 32.6. The van der Waals surface area contributed by atoms with Gasteiger partial charge in [-0.25, -0.2) is 9.64 Å². The minimum absolute atomic E-state index is 0.0737. The molecule has 0 aliphatic carbocycles. The van der Waals surface area contributed by atoms with Crippen molar-refractivity contribution < 1.29 is 28.6 Å². The van der Waals surface area contributed by atoms with Gasteiger partial charge in [0, 0.05) is 79.1 Å². The lowest BCUT2D eigenvalue weighted by molar-refractivity contribution is -0.191. The van der Waals surface area contributed by atoms with E-state index in [4.69, 9.17) is 30.4 Å². The molecule has 0 spiro atoms. The second-order valence-electron chi connectivity index (χ2n) is 33.7. The van der Waals surface area contributed by atoms with E-state index in [9.17, 15) is 10.1 Å². The first-order chi connectivity index (χ1) is 59.4. The van der Waals surface area contributed by atoms with Gasteiger partial charge < -0.3 is 14.2 Å². The molecule has 0 amide bonds. The Bertz CT molecular complexity index is 4630. The van der Waals surface area contributed by atoms with E-state index in [-0.39, 0.29) is 11.7 Å². The van der Waals surface area contributed by atoms with Crippen LogP contribution in [0.2, 0.25) is 0 Å². The molecular formula is C105H146N2O6S8. The van der Waals surface area contributed by atoms with Crippen LogP contribution in [0.15, 0.2) is 71.9 Å². The third-order valence-electron chi connectivity index (χ3n) is 23.8. The molecule has 0 fully saturated rings. The van der Waals surface area contributed by atoms with E-state index in [1.807, 2.05) is 79.4 Å². The molecule has 0 aliphatic heterocycles. The van der Waals surface area contributed by atoms with Crippen LogP contribution < -0.4 is 9.47 Å². The maximum Gasteiger partial charge on any atom is 0.373 e. The van der Waals surface area contributed by atoms with E-state index in [1.165, 1.54) is 311 Å². The number of carbonyl (C=O) groups excluding carboxylic acids is 3. The number of ether oxygens (including phenoxy) is 3. The van der Waals surface area contributed by atoms with E-state index in [0.29, 0.717) is 31.7 Å². The van der Waals surface area contributed by atoms with Crippen LogP contribution in [0.1, 0.15) is 384 Å². The van der Waals surface area contributed by atoms with Crippen molar-refractivity contribution in [1.82, 2.24) is 0 Å². The largest absolute Gasteiger partial charge is 0.491 e. The highest BCUT2D eigenvalue weighted by Gasteiger charge is 2.28. The Morgan fingerprint density at radius 3 is 1.10 bits per heavy atom. The van der Waals surface area contributed by atoms with E-state index in [2.05, 4.69) is 147 Å². The number of hydrogen-bond acceptors (Lipinski definition) is 15. The maximum absolute atomic E-state index is 13.5. The minimum Gasteiger partial charge on any atom is -0.491 e. The van der Waals surface area contributed by atoms with Crippen molar-refractivity contribution in [3.8, 4) is 76.1 Å². The molecule has 660 valence electrons. The molecule has 0 saturated heterocycles. The van der Waals surface area contributed by atoms with Gasteiger partial charge in [-0.1, -0.05) is 300 Å². The zero-order chi connectivity index (χ0) is 86.2. The first-order valence-corrected chi connectivity index (χ1v) is 54.3. The lowest BCUT2D eigenvalue weighted by Crippen LogP contribution is -2.12. The molecule has 0 radical (unpaired) electrons. The van der Waals surface area contributed by atoms with Crippen LogP contribution in [0.3, 0.4) is 0 Å². The maximum atomic E-state index is 13.5. The monoisotopic (exact) mass is 1790 g/mol. The summed E-state index contributed by atoms with van der Waals surface area (Å²) in [4.78, 5) is 51.9. The van der Waals surface area contributed by atoms with Crippen LogP contribution in [0.25, 0.3) is 95.7 Å². The van der Waals surface area contributed by atoms with Crippen molar-refractivity contribution in [2.24, 2.45) is 11.8 Å². The standard InChI is InChI=1S/C104H146N2O4S8.CO2/c1-12-22-29-35-41-47-55-78-65-84(67-82(73-105)104(107)108-64-52-46-40-34-27-17-6)111-98(78)88-60-62-90(113-88)100-80(57-49-43-37-31-24-14-3)68-93(115-100)95-72-87-97(110-75-77(21-10)54-28-18-7)103-86(96(102(87)117-95)109-74-76(20-9)53-19-8)71-94(118-103)92-69-81(58-50-44-38-32-25-15-4)101(116-92)91-63-61-89(114-91)99-79(56-48-42-36-30-23-13-2)66-85(112-99)70-83(106-11)59-51-45-39-33-26-16-5;2-1-3/h60-63,65-72,76-77H,12-59,64,74-75H2,1-10H3;/b82-67-,83-70+;. The van der Waals surface area contributed by atoms with Crippen LogP contribution in [0, 0.1) is 29.7 Å². The number of carbonyl (C=O) groups is 1. The Hall–Kier alpha value is -5.75. The van der Waals surface area contributed by atoms with Gasteiger partial charge in [-0.15, -0.1) is 90.7 Å². The average Bonchev–Trinajstić information content (AvgIpc) is 1.58. The number of nitriles is 1. The molecule has 0 aliphatic rings. The van der Waals surface area contributed by atoms with Crippen LogP contribution in [0.4, 0.5) is 0 Å². The lowest BCUT2D eigenvalue weighted by Gasteiger charge is -2.19. The molecule has 8 nitrogen and oxygen atoms in total. The number of rotatable bonds is 64. The van der Waals surface area contributed by atoms with Gasteiger partial charge in [0.05, 0.1) is 35.8 Å². The summed E-state index contributed by atoms with van der Waals surface area (Å²) >= 11 is 15.3. The fourth-order valence-corrected chi connectivity index (χ4v) is 26.2. The predicted molar refractivity (Wildman–Crippen MR) is 534 cm³/mol. The molecule has 0 N–H and O–H groups in total. The predicted octanol–water partition coefficient (Wildman–Crippen LogP) is 37.1. The molecule has 8 aromatic heterocycles. The Morgan fingerprint density at radius 1 is 0.388 bits per heavy atom. The molecule has 2 unspecified atom stereocenters. The van der Waals surface area contributed by atoms with Gasteiger partial charge >= 0.3 is 12.1 Å². The lowest BCUT2D eigenvalue weighted by atomic mass is 10.0. The summed E-state index contributed by atoms with van der Waals surface area (Å²) in [5.41, 5.74) is 6.64. The summed E-state index contributed by atoms with van der Waals surface area (Å²) in [6, 6.07) is 26.7. The van der Waals surface area contributed by atoms with E-state index in [1.54, 1.807) is 17.4 Å². The molecule has 2 atom stereocenters. The van der Waals surface area contributed by atoms with Crippen molar-refractivity contribution >= 4 is 135 Å². The van der Waals surface area contributed by atoms with Crippen molar-refractivity contribution in [2.75, 3.05) is 19.8 Å². The van der Waals surface area contributed by atoms with Crippen LogP contribution in [0.5, 0.6) is 11.5 Å². The number of thiophene rings is 8. The van der Waals surface area contributed by atoms with Crippen LogP contribution >= 0.6 is 90.7 Å². The summed E-state index contributed by atoms with van der Waals surface area (Å²) in [6.07, 6.45) is 61.3. The second-order valence-corrected chi connectivity index (χ2v) is 42.3. The van der Waals surface area contributed by atoms with E-state index >= 15 is 0 Å². The van der Waals surface area contributed by atoms with E-state index < -0.39 is 5.97 Å². The molecule has 121 heavy (non-hydrogen) atoms. The average molecular weight is 1790 g/mol. The van der Waals surface area contributed by atoms with Gasteiger partial charge in [-0.3, -0.25) is 0 Å². The number of aryl methyl sites for hydroxylation is 4. The fourth-order valence-electron chi connectivity index (χ4n) is 16.4. The quantitative estimate of drug-likeness (QED) is 0.0123. The third-order valence-corrected chi connectivity index (χ3v) is 33.9. The van der Waals surface area contributed by atoms with Gasteiger partial charge in [-0.2, -0.15) is 14.9 Å². The van der Waals surface area contributed by atoms with Crippen molar-refractivity contribution in [2.45, 2.75) is 377 Å². The summed E-state index contributed by atoms with van der Waals surface area (Å²) < 4.78 is 23.2. The molecule has 9 rings (SSSR count). The first kappa shape index (κ1) is 101. The zero-order valence-corrected chi connectivity index (χ0v) is 82.3. The van der Waals surface area contributed by atoms with Crippen LogP contribution in [-0.4, -0.2) is 31.9 Å². The summed E-state index contributed by atoms with van der Waals surface area (Å²) in [5.74, 6) is 2.42. The Morgan fingerprint density at radius 2 is 0.727 bits per heavy atom. The van der Waals surface area contributed by atoms with Gasteiger partial charge in [0.2, 0.25) is 0 Å². The highest BCUT2D eigenvalue weighted by Crippen LogP contribution is 2.57. The number of benzene rings is 1. The number of fused-ring (bicyclic) bond motifs is 2. The van der Waals surface area contributed by atoms with Crippen molar-refractivity contribution in [3.05, 3.63) is 115 Å². The van der Waals surface area contributed by atoms with Crippen molar-refractivity contribution in [3.63, 3.8) is 0 Å². The Kier molecular flexibility index (Phi) is 48.7. The second kappa shape index (κ2) is 58.5. The minimum atomic E-state index is -0.519. The van der Waals surface area contributed by atoms with Gasteiger partial charge in [0.25, 0.3) is 0 Å². The van der Waals surface area contributed by atoms with Gasteiger partial charge in [-0.05, 0) is 184 Å². The molecule has 0 bridgehead atoms. The number of unbranched alkanes of at least 4 members (excludes halogenated alkanes) is 31. The van der Waals surface area contributed by atoms with Crippen molar-refractivity contribution in [1.29, 1.82) is 5.26 Å². The summed E-state index contributed by atoms with van der Waals surface area (Å²) in [5, 5.41) is 12.8. The molecule has 16 heteroatoms. The number of allylic oxidation sites excluding steroid dienone is 1.